The third-order valence-corrected chi connectivity index (χ3v) is 6.98. The molecule has 0 radical (unpaired) electrons. The zero-order valence-electron chi connectivity index (χ0n) is 18.2. The van der Waals surface area contributed by atoms with E-state index in [2.05, 4.69) is 10.6 Å². The first-order valence-electron chi connectivity index (χ1n) is 10.2. The van der Waals surface area contributed by atoms with Gasteiger partial charge in [0.2, 0.25) is 10.0 Å². The smallest absolute Gasteiger partial charge is 0.257 e. The van der Waals surface area contributed by atoms with Crippen LogP contribution in [0.15, 0.2) is 53.4 Å². The molecule has 0 aromatic heterocycles. The van der Waals surface area contributed by atoms with Crippen molar-refractivity contribution in [2.75, 3.05) is 18.4 Å². The lowest BCUT2D eigenvalue weighted by atomic mass is 10.2. The van der Waals surface area contributed by atoms with Gasteiger partial charge in [-0.05, 0) is 74.1 Å². The topological polar surface area (TPSA) is 87.7 Å². The number of anilines is 1. The molecule has 1 atom stereocenters. The summed E-state index contributed by atoms with van der Waals surface area (Å²) in [5, 5.41) is 5.62. The summed E-state index contributed by atoms with van der Waals surface area (Å²) in [6, 6.07) is 13.1. The zero-order valence-corrected chi connectivity index (χ0v) is 19.8. The van der Waals surface area contributed by atoms with Crippen molar-refractivity contribution in [3.63, 3.8) is 0 Å². The predicted octanol–water partition coefficient (Wildman–Crippen LogP) is 4.02. The number of hydrogen-bond donors (Lipinski definition) is 2. The Morgan fingerprint density at radius 1 is 1.03 bits per heavy atom. The number of hydrogen-bond acceptors (Lipinski definition) is 5. The molecule has 168 valence electrons. The van der Waals surface area contributed by atoms with Gasteiger partial charge in [0.1, 0.15) is 5.75 Å². The van der Waals surface area contributed by atoms with E-state index in [1.807, 2.05) is 13.8 Å². The van der Waals surface area contributed by atoms with Crippen molar-refractivity contribution in [1.29, 1.82) is 0 Å². The van der Waals surface area contributed by atoms with Crippen LogP contribution in [0.5, 0.6) is 5.75 Å². The SMILES string of the molecule is CCC(C)Oc1ccc(C(=O)NC(=S)Nc2ccc(S(=O)(=O)N(CC)CC)cc2)cc1. The molecule has 0 aliphatic heterocycles. The van der Waals surface area contributed by atoms with Gasteiger partial charge >= 0.3 is 0 Å². The molecule has 0 saturated heterocycles. The molecular formula is C22H29N3O4S2. The van der Waals surface area contributed by atoms with E-state index in [0.29, 0.717) is 30.1 Å². The van der Waals surface area contributed by atoms with E-state index < -0.39 is 10.0 Å². The number of ether oxygens (including phenoxy) is 1. The molecule has 1 amide bonds. The zero-order chi connectivity index (χ0) is 23.0. The Balaban J connectivity index is 1.97. The monoisotopic (exact) mass is 463 g/mol. The molecule has 0 heterocycles. The number of nitrogens with zero attached hydrogens (tertiary/aromatic N) is 1. The van der Waals surface area contributed by atoms with Gasteiger partial charge in [-0.15, -0.1) is 0 Å². The van der Waals surface area contributed by atoms with Crippen molar-refractivity contribution in [1.82, 2.24) is 9.62 Å². The van der Waals surface area contributed by atoms with Gasteiger partial charge in [0, 0.05) is 24.3 Å². The molecule has 0 aliphatic rings. The lowest BCUT2D eigenvalue weighted by Gasteiger charge is -2.18. The van der Waals surface area contributed by atoms with Gasteiger partial charge in [-0.2, -0.15) is 4.31 Å². The molecule has 0 spiro atoms. The molecule has 2 aromatic carbocycles. The maximum Gasteiger partial charge on any atom is 0.257 e. The highest BCUT2D eigenvalue weighted by Crippen LogP contribution is 2.18. The fraction of sp³-hybridized carbons (Fsp3) is 0.364. The van der Waals surface area contributed by atoms with Crippen molar-refractivity contribution < 1.29 is 17.9 Å². The van der Waals surface area contributed by atoms with Gasteiger partial charge in [0.25, 0.3) is 5.91 Å². The summed E-state index contributed by atoms with van der Waals surface area (Å²) in [4.78, 5) is 12.6. The van der Waals surface area contributed by atoms with Crippen LogP contribution in [-0.4, -0.2) is 42.9 Å². The second-order valence-electron chi connectivity index (χ2n) is 6.88. The minimum atomic E-state index is -3.52. The Hall–Kier alpha value is -2.49. The third-order valence-electron chi connectivity index (χ3n) is 4.71. The van der Waals surface area contributed by atoms with E-state index in [4.69, 9.17) is 17.0 Å². The number of carbonyl (C=O) groups excluding carboxylic acids is 1. The van der Waals surface area contributed by atoms with Crippen LogP contribution in [-0.2, 0) is 10.0 Å². The van der Waals surface area contributed by atoms with Crippen LogP contribution < -0.4 is 15.4 Å². The van der Waals surface area contributed by atoms with Crippen LogP contribution in [0.3, 0.4) is 0 Å². The largest absolute Gasteiger partial charge is 0.491 e. The summed E-state index contributed by atoms with van der Waals surface area (Å²) in [5.74, 6) is 0.347. The Labute approximate surface area is 189 Å². The Morgan fingerprint density at radius 3 is 2.13 bits per heavy atom. The second-order valence-corrected chi connectivity index (χ2v) is 9.23. The molecule has 31 heavy (non-hydrogen) atoms. The first-order chi connectivity index (χ1) is 14.7. The van der Waals surface area contributed by atoms with Crippen LogP contribution in [0.2, 0.25) is 0 Å². The Morgan fingerprint density at radius 2 is 1.61 bits per heavy atom. The number of carbonyl (C=O) groups is 1. The van der Waals surface area contributed by atoms with Gasteiger partial charge < -0.3 is 10.1 Å². The minimum Gasteiger partial charge on any atom is -0.491 e. The fourth-order valence-corrected chi connectivity index (χ4v) is 4.43. The van der Waals surface area contributed by atoms with Gasteiger partial charge in [-0.3, -0.25) is 10.1 Å². The van der Waals surface area contributed by atoms with Crippen molar-refractivity contribution in [2.45, 2.75) is 45.1 Å². The maximum atomic E-state index is 12.5. The van der Waals surface area contributed by atoms with Gasteiger partial charge in [0.05, 0.1) is 11.0 Å². The number of thiocarbonyl (C=S) groups is 1. The van der Waals surface area contributed by atoms with Crippen molar-refractivity contribution in [3.8, 4) is 5.75 Å². The summed E-state index contributed by atoms with van der Waals surface area (Å²) >= 11 is 5.20. The minimum absolute atomic E-state index is 0.102. The molecule has 2 N–H and O–H groups in total. The molecular weight excluding hydrogens is 434 g/mol. The van der Waals surface area contributed by atoms with E-state index in [-0.39, 0.29) is 22.0 Å². The first kappa shape index (κ1) is 24.8. The standard InChI is InChI=1S/C22H29N3O4S2/c1-5-16(4)29-19-12-8-17(9-13-19)21(26)24-22(30)23-18-10-14-20(15-11-18)31(27,28)25(6-2)7-3/h8-16H,5-7H2,1-4H3,(H2,23,24,26,30). The molecule has 7 nitrogen and oxygen atoms in total. The highest BCUT2D eigenvalue weighted by Gasteiger charge is 2.21. The van der Waals surface area contributed by atoms with E-state index in [0.717, 1.165) is 6.42 Å². The summed E-state index contributed by atoms with van der Waals surface area (Å²) < 4.78 is 32.2. The van der Waals surface area contributed by atoms with E-state index in [1.165, 1.54) is 16.4 Å². The molecule has 1 unspecified atom stereocenters. The van der Waals surface area contributed by atoms with Crippen LogP contribution in [0, 0.1) is 0 Å². The van der Waals surface area contributed by atoms with Gasteiger partial charge in [-0.25, -0.2) is 8.42 Å². The number of amides is 1. The molecule has 0 fully saturated rings. The molecule has 0 aliphatic carbocycles. The van der Waals surface area contributed by atoms with Crippen molar-refractivity contribution in [3.05, 3.63) is 54.1 Å². The lowest BCUT2D eigenvalue weighted by molar-refractivity contribution is 0.0977. The Kier molecular flexibility index (Phi) is 8.97. The number of nitrogens with one attached hydrogen (secondary N) is 2. The van der Waals surface area contributed by atoms with E-state index >= 15 is 0 Å². The van der Waals surface area contributed by atoms with Crippen LogP contribution in [0.25, 0.3) is 0 Å². The normalized spacial score (nSPS) is 12.3. The number of rotatable bonds is 9. The molecule has 2 rings (SSSR count). The first-order valence-corrected chi connectivity index (χ1v) is 12.0. The van der Waals surface area contributed by atoms with Crippen molar-refractivity contribution >= 4 is 38.9 Å². The highest BCUT2D eigenvalue weighted by atomic mass is 32.2. The molecule has 9 heteroatoms. The summed E-state index contributed by atoms with van der Waals surface area (Å²) in [5.41, 5.74) is 1.02. The average Bonchev–Trinajstić information content (AvgIpc) is 2.75. The summed E-state index contributed by atoms with van der Waals surface area (Å²) in [6.45, 7) is 8.42. The van der Waals surface area contributed by atoms with E-state index in [1.54, 1.807) is 50.2 Å². The quantitative estimate of drug-likeness (QED) is 0.546. The lowest BCUT2D eigenvalue weighted by Crippen LogP contribution is -2.34. The fourth-order valence-electron chi connectivity index (χ4n) is 2.76. The molecule has 0 bridgehead atoms. The number of sulfonamides is 1. The van der Waals surface area contributed by atoms with Gasteiger partial charge in [0.15, 0.2) is 5.11 Å². The third kappa shape index (κ3) is 6.75. The van der Waals surface area contributed by atoms with Crippen molar-refractivity contribution in [2.24, 2.45) is 0 Å². The average molecular weight is 464 g/mol. The van der Waals surface area contributed by atoms with Crippen LogP contribution in [0.4, 0.5) is 5.69 Å². The molecule has 0 saturated carbocycles. The Bertz CT molecular complexity index is 986. The summed E-state index contributed by atoms with van der Waals surface area (Å²) in [6.07, 6.45) is 0.995. The van der Waals surface area contributed by atoms with Crippen LogP contribution in [0.1, 0.15) is 44.5 Å². The number of benzene rings is 2. The maximum absolute atomic E-state index is 12.5. The van der Waals surface area contributed by atoms with Gasteiger partial charge in [-0.1, -0.05) is 20.8 Å². The second kappa shape index (κ2) is 11.2. The molecule has 2 aromatic rings. The summed E-state index contributed by atoms with van der Waals surface area (Å²) in [7, 11) is -3.52. The predicted molar refractivity (Wildman–Crippen MR) is 127 cm³/mol. The van der Waals surface area contributed by atoms with E-state index in [9.17, 15) is 13.2 Å². The van der Waals surface area contributed by atoms with Crippen LogP contribution >= 0.6 is 12.2 Å². The highest BCUT2D eigenvalue weighted by molar-refractivity contribution is 7.89.